The van der Waals surface area contributed by atoms with Crippen LogP contribution in [0.4, 0.5) is 14.5 Å². The average molecular weight is 270 g/mol. The van der Waals surface area contributed by atoms with Gasteiger partial charge in [-0.3, -0.25) is 0 Å². The van der Waals surface area contributed by atoms with Crippen LogP contribution < -0.4 is 4.90 Å². The van der Waals surface area contributed by atoms with E-state index in [2.05, 4.69) is 4.90 Å². The minimum Gasteiger partial charge on any atom is -0.392 e. The van der Waals surface area contributed by atoms with Gasteiger partial charge in [-0.25, -0.2) is 8.78 Å². The van der Waals surface area contributed by atoms with E-state index >= 15 is 0 Å². The van der Waals surface area contributed by atoms with Crippen molar-refractivity contribution in [1.29, 1.82) is 0 Å². The molecule has 3 nitrogen and oxygen atoms in total. The fourth-order valence-corrected chi connectivity index (χ4v) is 2.59. The first-order valence-electron chi connectivity index (χ1n) is 6.53. The van der Waals surface area contributed by atoms with Gasteiger partial charge < -0.3 is 14.9 Å². The summed E-state index contributed by atoms with van der Waals surface area (Å²) in [6.07, 6.45) is 1.96. The number of benzene rings is 1. The van der Waals surface area contributed by atoms with Gasteiger partial charge in [0.15, 0.2) is 0 Å². The predicted molar refractivity (Wildman–Crippen MR) is 71.2 cm³/mol. The van der Waals surface area contributed by atoms with E-state index in [1.807, 2.05) is 14.1 Å². The standard InChI is InChI=1S/C14H20F2N2O/c1-17(2)11-4-3-5-18(8-11)14-12(15)6-10(9-19)7-13(14)16/h6-7,11,19H,3-5,8-9H2,1-2H3. The Labute approximate surface area is 112 Å². The van der Waals surface area contributed by atoms with E-state index in [1.54, 1.807) is 4.90 Å². The molecule has 106 valence electrons. The number of hydrogen-bond donors (Lipinski definition) is 1. The fraction of sp³-hybridized carbons (Fsp3) is 0.571. The molecule has 0 radical (unpaired) electrons. The SMILES string of the molecule is CN(C)C1CCCN(c2c(F)cc(CO)cc2F)C1. The minimum absolute atomic E-state index is 0.0313. The molecule has 1 unspecified atom stereocenters. The number of hydrogen-bond acceptors (Lipinski definition) is 3. The topological polar surface area (TPSA) is 26.7 Å². The van der Waals surface area contributed by atoms with Crippen molar-refractivity contribution < 1.29 is 13.9 Å². The van der Waals surface area contributed by atoms with Crippen LogP contribution in [0, 0.1) is 11.6 Å². The molecule has 19 heavy (non-hydrogen) atoms. The summed E-state index contributed by atoms with van der Waals surface area (Å²) in [5.41, 5.74) is 0.295. The number of likely N-dealkylation sites (N-methyl/N-ethyl adjacent to an activating group) is 1. The molecule has 1 aliphatic rings. The van der Waals surface area contributed by atoms with Crippen LogP contribution in [-0.4, -0.2) is 43.2 Å². The van der Waals surface area contributed by atoms with Crippen molar-refractivity contribution in [3.63, 3.8) is 0 Å². The number of aliphatic hydroxyl groups is 1. The molecular formula is C14H20F2N2O. The lowest BCUT2D eigenvalue weighted by molar-refractivity contribution is 0.256. The van der Waals surface area contributed by atoms with E-state index in [0.717, 1.165) is 12.8 Å². The molecule has 1 N–H and O–H groups in total. The quantitative estimate of drug-likeness (QED) is 0.910. The molecule has 1 saturated heterocycles. The minimum atomic E-state index is -0.594. The van der Waals surface area contributed by atoms with Crippen molar-refractivity contribution >= 4 is 5.69 Å². The van der Waals surface area contributed by atoms with Crippen LogP contribution in [0.25, 0.3) is 0 Å². The van der Waals surface area contributed by atoms with Gasteiger partial charge in [0.2, 0.25) is 0 Å². The van der Waals surface area contributed by atoms with Gasteiger partial charge in [0, 0.05) is 19.1 Å². The van der Waals surface area contributed by atoms with Crippen molar-refractivity contribution in [1.82, 2.24) is 4.90 Å². The summed E-state index contributed by atoms with van der Waals surface area (Å²) in [7, 11) is 3.96. The van der Waals surface area contributed by atoms with Gasteiger partial charge in [-0.2, -0.15) is 0 Å². The Morgan fingerprint density at radius 3 is 2.47 bits per heavy atom. The Kier molecular flexibility index (Phi) is 4.37. The second-order valence-electron chi connectivity index (χ2n) is 5.27. The number of halogens is 2. The predicted octanol–water partition coefficient (Wildman–Crippen LogP) is 1.99. The van der Waals surface area contributed by atoms with Crippen LogP contribution in [0.15, 0.2) is 12.1 Å². The van der Waals surface area contributed by atoms with Gasteiger partial charge in [0.05, 0.1) is 6.61 Å². The normalized spacial score (nSPS) is 20.1. The molecule has 1 fully saturated rings. The molecule has 1 heterocycles. The molecule has 0 spiro atoms. The first kappa shape index (κ1) is 14.2. The molecule has 0 aliphatic carbocycles. The van der Waals surface area contributed by atoms with Gasteiger partial charge in [-0.15, -0.1) is 0 Å². The molecule has 0 amide bonds. The lowest BCUT2D eigenvalue weighted by Crippen LogP contribution is -2.45. The highest BCUT2D eigenvalue weighted by Gasteiger charge is 2.25. The van der Waals surface area contributed by atoms with Crippen LogP contribution in [0.5, 0.6) is 0 Å². The zero-order valence-corrected chi connectivity index (χ0v) is 11.4. The molecule has 1 aromatic carbocycles. The van der Waals surface area contributed by atoms with Gasteiger partial charge in [0.1, 0.15) is 17.3 Å². The number of anilines is 1. The third kappa shape index (κ3) is 3.04. The van der Waals surface area contributed by atoms with Crippen LogP contribution >= 0.6 is 0 Å². The van der Waals surface area contributed by atoms with Crippen molar-refractivity contribution in [2.45, 2.75) is 25.5 Å². The molecule has 1 atom stereocenters. The molecule has 5 heteroatoms. The summed E-state index contributed by atoms with van der Waals surface area (Å²) >= 11 is 0. The lowest BCUT2D eigenvalue weighted by atomic mass is 10.0. The van der Waals surface area contributed by atoms with Crippen LogP contribution in [-0.2, 0) is 6.61 Å². The number of rotatable bonds is 3. The van der Waals surface area contributed by atoms with E-state index < -0.39 is 11.6 Å². The Balaban J connectivity index is 2.26. The molecule has 0 bridgehead atoms. The van der Waals surface area contributed by atoms with E-state index in [9.17, 15) is 8.78 Å². The summed E-state index contributed by atoms with van der Waals surface area (Å²) in [4.78, 5) is 3.85. The Hall–Kier alpha value is -1.20. The van der Waals surface area contributed by atoms with Crippen LogP contribution in [0.1, 0.15) is 18.4 Å². The summed E-state index contributed by atoms with van der Waals surface area (Å²) in [6.45, 7) is 0.935. The van der Waals surface area contributed by atoms with Crippen molar-refractivity contribution in [2.75, 3.05) is 32.1 Å². The van der Waals surface area contributed by atoms with Crippen molar-refractivity contribution in [2.24, 2.45) is 0 Å². The smallest absolute Gasteiger partial charge is 0.149 e. The van der Waals surface area contributed by atoms with Gasteiger partial charge in [-0.1, -0.05) is 0 Å². The van der Waals surface area contributed by atoms with Crippen molar-refractivity contribution in [3.05, 3.63) is 29.3 Å². The van der Waals surface area contributed by atoms with Gasteiger partial charge >= 0.3 is 0 Å². The molecule has 0 saturated carbocycles. The maximum absolute atomic E-state index is 14.0. The van der Waals surface area contributed by atoms with E-state index in [0.29, 0.717) is 19.1 Å². The summed E-state index contributed by atoms with van der Waals surface area (Å²) in [6, 6.07) is 2.72. The van der Waals surface area contributed by atoms with E-state index in [-0.39, 0.29) is 17.9 Å². The Morgan fingerprint density at radius 1 is 1.32 bits per heavy atom. The molecule has 2 rings (SSSR count). The second kappa shape index (κ2) is 5.84. The lowest BCUT2D eigenvalue weighted by Gasteiger charge is -2.37. The highest BCUT2D eigenvalue weighted by atomic mass is 19.1. The maximum Gasteiger partial charge on any atom is 0.149 e. The zero-order chi connectivity index (χ0) is 14.0. The van der Waals surface area contributed by atoms with Gasteiger partial charge in [-0.05, 0) is 44.6 Å². The third-order valence-electron chi connectivity index (χ3n) is 3.70. The number of aliphatic hydroxyl groups excluding tert-OH is 1. The first-order chi connectivity index (χ1) is 9.02. The van der Waals surface area contributed by atoms with Crippen molar-refractivity contribution in [3.8, 4) is 0 Å². The summed E-state index contributed by atoms with van der Waals surface area (Å²) in [5, 5.41) is 8.95. The highest BCUT2D eigenvalue weighted by molar-refractivity contribution is 5.51. The maximum atomic E-state index is 14.0. The molecule has 1 aliphatic heterocycles. The van der Waals surface area contributed by atoms with Crippen LogP contribution in [0.3, 0.4) is 0 Å². The monoisotopic (exact) mass is 270 g/mol. The zero-order valence-electron chi connectivity index (χ0n) is 11.4. The Morgan fingerprint density at radius 2 is 1.95 bits per heavy atom. The van der Waals surface area contributed by atoms with Crippen LogP contribution in [0.2, 0.25) is 0 Å². The first-order valence-corrected chi connectivity index (χ1v) is 6.53. The average Bonchev–Trinajstić information content (AvgIpc) is 2.38. The highest BCUT2D eigenvalue weighted by Crippen LogP contribution is 2.28. The molecule has 1 aromatic rings. The van der Waals surface area contributed by atoms with E-state index in [4.69, 9.17) is 5.11 Å². The number of nitrogens with zero attached hydrogens (tertiary/aromatic N) is 2. The largest absolute Gasteiger partial charge is 0.392 e. The molecular weight excluding hydrogens is 250 g/mol. The van der Waals surface area contributed by atoms with Gasteiger partial charge in [0.25, 0.3) is 0 Å². The second-order valence-corrected chi connectivity index (χ2v) is 5.27. The third-order valence-corrected chi connectivity index (χ3v) is 3.70. The molecule has 0 aromatic heterocycles. The Bertz CT molecular complexity index is 428. The summed E-state index contributed by atoms with van der Waals surface area (Å²) < 4.78 is 28.0. The fourth-order valence-electron chi connectivity index (χ4n) is 2.59. The summed E-state index contributed by atoms with van der Waals surface area (Å²) in [5.74, 6) is -1.19. The van der Waals surface area contributed by atoms with E-state index in [1.165, 1.54) is 12.1 Å². The number of piperidine rings is 1.